The fraction of sp³-hybridized carbons (Fsp3) is 0.500. The van der Waals surface area contributed by atoms with Gasteiger partial charge in [-0.3, -0.25) is 4.98 Å². The van der Waals surface area contributed by atoms with Crippen molar-refractivity contribution in [2.24, 2.45) is 0 Å². The summed E-state index contributed by atoms with van der Waals surface area (Å²) in [6.45, 7) is 4.35. The van der Waals surface area contributed by atoms with Crippen LogP contribution in [-0.4, -0.2) is 38.9 Å². The Morgan fingerprint density at radius 3 is 2.65 bits per heavy atom. The molecule has 8 heteroatoms. The van der Waals surface area contributed by atoms with Gasteiger partial charge in [-0.15, -0.1) is 0 Å². The molecule has 0 aliphatic rings. The zero-order chi connectivity index (χ0) is 16.2. The number of nitrogens with one attached hydrogen (secondary N) is 2. The van der Waals surface area contributed by atoms with Crippen LogP contribution in [0, 0.1) is 0 Å². The fourth-order valence-corrected chi connectivity index (χ4v) is 1.20. The van der Waals surface area contributed by atoms with Gasteiger partial charge in [0.05, 0.1) is 0 Å². The van der Waals surface area contributed by atoms with E-state index >= 15 is 0 Å². The van der Waals surface area contributed by atoms with Crippen molar-refractivity contribution >= 4 is 12.1 Å². The summed E-state index contributed by atoms with van der Waals surface area (Å²) in [6, 6.07) is -0.0305. The summed E-state index contributed by atoms with van der Waals surface area (Å²) in [5.74, 6) is -1.99. The summed E-state index contributed by atoms with van der Waals surface area (Å²) in [7, 11) is 0. The normalized spacial score (nSPS) is 13.2. The van der Waals surface area contributed by atoms with Crippen LogP contribution in [0.4, 0.5) is 4.79 Å². The molecule has 4 N–H and O–H groups in total. The van der Waals surface area contributed by atoms with Gasteiger partial charge in [0.15, 0.2) is 11.6 Å². The third-order valence-corrected chi connectivity index (χ3v) is 2.02. The van der Waals surface area contributed by atoms with Gasteiger partial charge < -0.3 is 25.0 Å². The Bertz CT molecular complexity index is 528. The molecule has 0 bridgehead atoms. The lowest BCUT2D eigenvalue weighted by atomic mass is 10.2. The van der Waals surface area contributed by atoms with Gasteiger partial charge in [-0.25, -0.2) is 9.59 Å². The number of alkyl carbamates (subject to hydrolysis) is 1. The highest BCUT2D eigenvalue weighted by molar-refractivity contribution is 5.83. The highest BCUT2D eigenvalue weighted by Crippen LogP contribution is 2.29. The van der Waals surface area contributed by atoms with Crippen LogP contribution < -0.4 is 10.1 Å². The third-order valence-electron chi connectivity index (χ3n) is 2.02. The smallest absolute Gasteiger partial charge is 0.408 e. The zero-order valence-corrected chi connectivity index (χ0v) is 11.4. The molecule has 0 aliphatic heterocycles. The Kier molecular flexibility index (Phi) is 4.02. The molecular weight excluding hydrogens is 268 g/mol. The summed E-state index contributed by atoms with van der Waals surface area (Å²) in [5.41, 5.74) is -0.974. The second-order valence-corrected chi connectivity index (χ2v) is 4.80. The van der Waals surface area contributed by atoms with Crippen molar-refractivity contribution in [2.75, 3.05) is 0 Å². The van der Waals surface area contributed by atoms with E-state index in [1.165, 1.54) is 6.92 Å². The number of rotatable bonds is 3. The van der Waals surface area contributed by atoms with E-state index in [-0.39, 0.29) is 18.5 Å². The molecule has 0 fully saturated rings. The summed E-state index contributed by atoms with van der Waals surface area (Å²) in [5, 5.41) is 20.6. The van der Waals surface area contributed by atoms with Crippen molar-refractivity contribution in [3.63, 3.8) is 0 Å². The average Bonchev–Trinajstić information content (AvgIpc) is 2.66. The number of esters is 1. The molecule has 0 radical (unpaired) electrons. The first-order valence-electron chi connectivity index (χ1n) is 6.46. The Labute approximate surface area is 117 Å². The summed E-state index contributed by atoms with van der Waals surface area (Å²) in [4.78, 5) is 25.4. The van der Waals surface area contributed by atoms with E-state index in [2.05, 4.69) is 10.3 Å². The maximum atomic E-state index is 11.7. The molecule has 1 atom stereocenters. The topological polar surface area (TPSA) is 121 Å². The van der Waals surface area contributed by atoms with Crippen molar-refractivity contribution in [3.05, 3.63) is 6.07 Å². The molecule has 0 unspecified atom stereocenters. The van der Waals surface area contributed by atoms with E-state index in [0.717, 1.165) is 6.07 Å². The maximum Gasteiger partial charge on any atom is 0.408 e. The molecule has 0 saturated heterocycles. The lowest BCUT2D eigenvalue weighted by Crippen LogP contribution is -2.43. The first kappa shape index (κ1) is 14.0. The zero-order valence-electron chi connectivity index (χ0n) is 12.4. The van der Waals surface area contributed by atoms with Crippen LogP contribution in [-0.2, 0) is 9.53 Å². The minimum Gasteiger partial charge on any atom is -0.494 e. The van der Waals surface area contributed by atoms with Crippen molar-refractivity contribution < 1.29 is 30.6 Å². The highest BCUT2D eigenvalue weighted by atomic mass is 16.6. The Balaban J connectivity index is 2.55. The van der Waals surface area contributed by atoms with Gasteiger partial charge in [0.25, 0.3) is 0 Å². The van der Waals surface area contributed by atoms with Crippen LogP contribution in [0.3, 0.4) is 0 Å². The van der Waals surface area contributed by atoms with Gasteiger partial charge in [-0.2, -0.15) is 0 Å². The minimum absolute atomic E-state index is 0.129. The molecule has 1 aromatic rings. The molecule has 112 valence electrons. The number of ether oxygens (including phenoxy) is 2. The molecule has 1 rings (SSSR count). The Morgan fingerprint density at radius 1 is 1.50 bits per heavy atom. The monoisotopic (exact) mass is 287 g/mol. The van der Waals surface area contributed by atoms with Crippen LogP contribution in [0.15, 0.2) is 6.07 Å². The van der Waals surface area contributed by atoms with Crippen LogP contribution in [0.1, 0.15) is 29.0 Å². The quantitative estimate of drug-likeness (QED) is 0.621. The molecule has 1 amide bonds. The average molecular weight is 287 g/mol. The van der Waals surface area contributed by atoms with Crippen molar-refractivity contribution in [1.82, 2.24) is 10.3 Å². The second-order valence-electron chi connectivity index (χ2n) is 4.80. The van der Waals surface area contributed by atoms with Crippen LogP contribution in [0.2, 0.25) is 0 Å². The summed E-state index contributed by atoms with van der Waals surface area (Å²) in [6.07, 6.45) is -0.863. The van der Waals surface area contributed by atoms with E-state index in [4.69, 9.17) is 16.0 Å². The molecule has 0 saturated carbocycles. The van der Waals surface area contributed by atoms with E-state index in [9.17, 15) is 14.7 Å². The first-order chi connectivity index (χ1) is 9.64. The molecule has 0 aromatic carbocycles. The molecular formula is C12H18N2O6. The van der Waals surface area contributed by atoms with Gasteiger partial charge >= 0.3 is 12.1 Å². The highest BCUT2D eigenvalue weighted by Gasteiger charge is 2.23. The van der Waals surface area contributed by atoms with Gasteiger partial charge in [-0.05, 0) is 27.7 Å². The summed E-state index contributed by atoms with van der Waals surface area (Å²) < 4.78 is 16.9. The van der Waals surface area contributed by atoms with Gasteiger partial charge in [0.1, 0.15) is 11.6 Å². The number of H-pyrrole nitrogens is 1. The lowest BCUT2D eigenvalue weighted by molar-refractivity contribution is -0.136. The van der Waals surface area contributed by atoms with Crippen molar-refractivity contribution in [3.8, 4) is 17.5 Å². The van der Waals surface area contributed by atoms with Crippen LogP contribution in [0.5, 0.6) is 17.5 Å². The van der Waals surface area contributed by atoms with E-state index in [1.54, 1.807) is 13.8 Å². The molecule has 20 heavy (non-hydrogen) atoms. The SMILES string of the molecule is [2H]CC(C)(C)OC(=O)N[C@@H](C)C(=O)Oc1cc(O)[nH]c1O. The Hall–Kier alpha value is -2.38. The minimum atomic E-state index is -1.05. The molecule has 1 heterocycles. The predicted octanol–water partition coefficient (Wildman–Crippen LogP) is 1.24. The van der Waals surface area contributed by atoms with Crippen molar-refractivity contribution in [2.45, 2.75) is 39.3 Å². The van der Waals surface area contributed by atoms with Crippen LogP contribution >= 0.6 is 0 Å². The fourth-order valence-electron chi connectivity index (χ4n) is 1.20. The number of hydrogen-bond acceptors (Lipinski definition) is 6. The number of carbonyl (C=O) groups excluding carboxylic acids is 2. The lowest BCUT2D eigenvalue weighted by Gasteiger charge is -2.21. The van der Waals surface area contributed by atoms with E-state index in [1.807, 2.05) is 0 Å². The number of hydrogen-bond donors (Lipinski definition) is 4. The van der Waals surface area contributed by atoms with Gasteiger partial charge in [0.2, 0.25) is 5.88 Å². The van der Waals surface area contributed by atoms with Crippen molar-refractivity contribution in [1.29, 1.82) is 0 Å². The number of aromatic nitrogens is 1. The number of aromatic amines is 1. The molecule has 8 nitrogen and oxygen atoms in total. The van der Waals surface area contributed by atoms with Crippen LogP contribution in [0.25, 0.3) is 0 Å². The van der Waals surface area contributed by atoms with Gasteiger partial charge in [-0.1, -0.05) is 0 Å². The maximum absolute atomic E-state index is 11.7. The van der Waals surface area contributed by atoms with E-state index in [0.29, 0.717) is 0 Å². The standard InChI is InChI=1S/C12H18N2O6/c1-6(13-11(18)20-12(2,3)4)10(17)19-7-5-8(15)14-9(7)16/h5-6,14-16H,1-4H3,(H,13,18)/t6-/m0/s1/i2D. The predicted molar refractivity (Wildman–Crippen MR) is 68.6 cm³/mol. The van der Waals surface area contributed by atoms with E-state index < -0.39 is 29.6 Å². The molecule has 0 spiro atoms. The number of carbonyl (C=O) groups is 2. The molecule has 1 aromatic heterocycles. The molecule has 0 aliphatic carbocycles. The largest absolute Gasteiger partial charge is 0.494 e. The second kappa shape index (κ2) is 5.72. The number of aromatic hydroxyl groups is 2. The number of amides is 1. The summed E-state index contributed by atoms with van der Waals surface area (Å²) >= 11 is 0. The first-order valence-corrected chi connectivity index (χ1v) is 5.76. The Morgan fingerprint density at radius 2 is 2.15 bits per heavy atom. The third kappa shape index (κ3) is 4.71. The van der Waals surface area contributed by atoms with Gasteiger partial charge in [0, 0.05) is 7.44 Å².